The van der Waals surface area contributed by atoms with E-state index in [9.17, 15) is 9.90 Å². The fourth-order valence-corrected chi connectivity index (χ4v) is 3.56. The summed E-state index contributed by atoms with van der Waals surface area (Å²) in [6, 6.07) is 14.6. The van der Waals surface area contributed by atoms with Crippen LogP contribution in [-0.2, 0) is 17.8 Å². The highest BCUT2D eigenvalue weighted by atomic mass is 35.5. The number of halogens is 1. The first kappa shape index (κ1) is 21.0. The number of hydrogen-bond donors (Lipinski definition) is 2. The molecule has 0 radical (unpaired) electrons. The van der Waals surface area contributed by atoms with Crippen molar-refractivity contribution in [2.45, 2.75) is 19.9 Å². The molecule has 0 spiro atoms. The van der Waals surface area contributed by atoms with Crippen LogP contribution in [0, 0.1) is 0 Å². The Morgan fingerprint density at radius 2 is 1.76 bits per heavy atom. The highest BCUT2D eigenvalue weighted by Gasteiger charge is 2.23. The maximum absolute atomic E-state index is 12.6. The first-order chi connectivity index (χ1) is 14.0. The largest absolute Gasteiger partial charge is 0.508 e. The number of amides is 1. The van der Waals surface area contributed by atoms with Gasteiger partial charge in [-0.05, 0) is 42.3 Å². The molecule has 1 heterocycles. The summed E-state index contributed by atoms with van der Waals surface area (Å²) in [4.78, 5) is 21.4. The van der Waals surface area contributed by atoms with Crippen molar-refractivity contribution in [3.63, 3.8) is 0 Å². The number of aromatic hydroxyl groups is 1. The number of piperazine rings is 1. The van der Waals surface area contributed by atoms with Gasteiger partial charge in [0.2, 0.25) is 5.91 Å². The lowest BCUT2D eigenvalue weighted by Gasteiger charge is -2.36. The van der Waals surface area contributed by atoms with Gasteiger partial charge >= 0.3 is 0 Å². The first-order valence-electron chi connectivity index (χ1n) is 9.88. The molecule has 0 saturated carbocycles. The van der Waals surface area contributed by atoms with Crippen molar-refractivity contribution in [1.82, 2.24) is 15.1 Å². The predicted molar refractivity (Wildman–Crippen MR) is 116 cm³/mol. The van der Waals surface area contributed by atoms with E-state index >= 15 is 0 Å². The topological polar surface area (TPSA) is 68.2 Å². The van der Waals surface area contributed by atoms with Gasteiger partial charge in [-0.3, -0.25) is 4.79 Å². The fraction of sp³-hybridized carbons (Fsp3) is 0.364. The van der Waals surface area contributed by atoms with E-state index in [4.69, 9.17) is 16.6 Å². The van der Waals surface area contributed by atoms with Crippen LogP contribution in [0.1, 0.15) is 18.1 Å². The van der Waals surface area contributed by atoms with Crippen molar-refractivity contribution >= 4 is 23.5 Å². The van der Waals surface area contributed by atoms with Crippen molar-refractivity contribution in [3.05, 3.63) is 64.7 Å². The van der Waals surface area contributed by atoms with Crippen molar-refractivity contribution in [1.29, 1.82) is 0 Å². The van der Waals surface area contributed by atoms with Crippen molar-refractivity contribution in [2.24, 2.45) is 4.99 Å². The molecule has 1 fully saturated rings. The number of hydrogen-bond acceptors (Lipinski definition) is 3. The lowest BCUT2D eigenvalue weighted by molar-refractivity contribution is -0.131. The molecule has 29 heavy (non-hydrogen) atoms. The molecule has 2 aromatic carbocycles. The van der Waals surface area contributed by atoms with E-state index in [0.29, 0.717) is 31.1 Å². The quantitative estimate of drug-likeness (QED) is 0.583. The lowest BCUT2D eigenvalue weighted by atomic mass is 10.1. The molecule has 1 aliphatic heterocycles. The Balaban J connectivity index is 1.56. The molecule has 1 aliphatic rings. The molecule has 0 aliphatic carbocycles. The summed E-state index contributed by atoms with van der Waals surface area (Å²) in [7, 11) is 0. The van der Waals surface area contributed by atoms with Crippen molar-refractivity contribution in [3.8, 4) is 5.75 Å². The average Bonchev–Trinajstić information content (AvgIpc) is 2.71. The molecule has 6 nitrogen and oxygen atoms in total. The molecule has 0 aromatic heterocycles. The van der Waals surface area contributed by atoms with E-state index in [1.165, 1.54) is 0 Å². The number of nitrogens with zero attached hydrogens (tertiary/aromatic N) is 3. The van der Waals surface area contributed by atoms with Gasteiger partial charge in [-0.25, -0.2) is 4.99 Å². The van der Waals surface area contributed by atoms with Crippen molar-refractivity contribution < 1.29 is 9.90 Å². The van der Waals surface area contributed by atoms with Gasteiger partial charge in [-0.1, -0.05) is 35.9 Å². The second-order valence-electron chi connectivity index (χ2n) is 7.01. The lowest BCUT2D eigenvalue weighted by Crippen LogP contribution is -2.54. The molecule has 2 N–H and O–H groups in total. The van der Waals surface area contributed by atoms with Crippen LogP contribution in [0.5, 0.6) is 5.75 Å². The third-order valence-electron chi connectivity index (χ3n) is 4.83. The SMILES string of the molecule is CCNC(=NCc1cccc(O)c1)N1CCN(C(=O)Cc2cccc(Cl)c2)CC1. The number of nitrogens with one attached hydrogen (secondary N) is 1. The first-order valence-corrected chi connectivity index (χ1v) is 10.3. The minimum Gasteiger partial charge on any atom is -0.508 e. The number of rotatable bonds is 5. The van der Waals surface area contributed by atoms with Gasteiger partial charge in [0.15, 0.2) is 5.96 Å². The van der Waals surface area contributed by atoms with Crippen LogP contribution in [0.2, 0.25) is 5.02 Å². The van der Waals surface area contributed by atoms with Gasteiger partial charge in [-0.2, -0.15) is 0 Å². The van der Waals surface area contributed by atoms with Gasteiger partial charge < -0.3 is 20.2 Å². The molecule has 3 rings (SSSR count). The van der Waals surface area contributed by atoms with E-state index in [1.54, 1.807) is 12.1 Å². The zero-order valence-corrected chi connectivity index (χ0v) is 17.4. The molecular weight excluding hydrogens is 388 g/mol. The standard InChI is InChI=1S/C22H27ClN4O2/c1-2-24-22(25-16-18-6-4-8-20(28)14-18)27-11-9-26(10-12-27)21(29)15-17-5-3-7-19(23)13-17/h3-8,13-14,28H,2,9-12,15-16H2,1H3,(H,24,25). The number of guanidine groups is 1. The molecule has 154 valence electrons. The fourth-order valence-electron chi connectivity index (χ4n) is 3.35. The van der Waals surface area contributed by atoms with Crippen molar-refractivity contribution in [2.75, 3.05) is 32.7 Å². The summed E-state index contributed by atoms with van der Waals surface area (Å²) in [5.41, 5.74) is 1.89. The molecule has 0 unspecified atom stereocenters. The zero-order valence-electron chi connectivity index (χ0n) is 16.6. The average molecular weight is 415 g/mol. The third kappa shape index (κ3) is 6.12. The second-order valence-corrected chi connectivity index (χ2v) is 7.45. The molecule has 1 saturated heterocycles. The smallest absolute Gasteiger partial charge is 0.227 e. The van der Waals surface area contributed by atoms with Crippen LogP contribution in [-0.4, -0.2) is 59.5 Å². The van der Waals surface area contributed by atoms with Crippen LogP contribution >= 0.6 is 11.6 Å². The Hall–Kier alpha value is -2.73. The molecule has 7 heteroatoms. The third-order valence-corrected chi connectivity index (χ3v) is 5.07. The summed E-state index contributed by atoms with van der Waals surface area (Å²) < 4.78 is 0. The summed E-state index contributed by atoms with van der Waals surface area (Å²) in [6.07, 6.45) is 0.367. The van der Waals surface area contributed by atoms with Crippen LogP contribution in [0.4, 0.5) is 0 Å². The van der Waals surface area contributed by atoms with Crippen LogP contribution in [0.25, 0.3) is 0 Å². The van der Waals surface area contributed by atoms with Gasteiger partial charge in [-0.15, -0.1) is 0 Å². The molecule has 1 amide bonds. The van der Waals surface area contributed by atoms with Gasteiger partial charge in [0, 0.05) is 37.7 Å². The van der Waals surface area contributed by atoms with E-state index in [2.05, 4.69) is 10.2 Å². The van der Waals surface area contributed by atoms with E-state index in [0.717, 1.165) is 36.7 Å². The Morgan fingerprint density at radius 3 is 2.45 bits per heavy atom. The van der Waals surface area contributed by atoms with Gasteiger partial charge in [0.25, 0.3) is 0 Å². The van der Waals surface area contributed by atoms with Crippen LogP contribution in [0.3, 0.4) is 0 Å². The normalized spacial score (nSPS) is 14.8. The number of benzene rings is 2. The Bertz CT molecular complexity index is 863. The highest BCUT2D eigenvalue weighted by Crippen LogP contribution is 2.14. The summed E-state index contributed by atoms with van der Waals surface area (Å²) in [5, 5.41) is 13.6. The van der Waals surface area contributed by atoms with Crippen LogP contribution in [0.15, 0.2) is 53.5 Å². The molecule has 2 aromatic rings. The Morgan fingerprint density at radius 1 is 1.07 bits per heavy atom. The summed E-state index contributed by atoms with van der Waals surface area (Å²) in [5.74, 6) is 1.20. The molecule has 0 bridgehead atoms. The van der Waals surface area contributed by atoms with Crippen LogP contribution < -0.4 is 5.32 Å². The van der Waals surface area contributed by atoms with E-state index in [-0.39, 0.29) is 11.7 Å². The van der Waals surface area contributed by atoms with E-state index < -0.39 is 0 Å². The highest BCUT2D eigenvalue weighted by molar-refractivity contribution is 6.30. The number of carbonyl (C=O) groups is 1. The maximum Gasteiger partial charge on any atom is 0.227 e. The summed E-state index contributed by atoms with van der Waals surface area (Å²) in [6.45, 7) is 6.08. The van der Waals surface area contributed by atoms with Gasteiger partial charge in [0.05, 0.1) is 13.0 Å². The molecule has 0 atom stereocenters. The minimum atomic E-state index is 0.119. The van der Waals surface area contributed by atoms with Gasteiger partial charge in [0.1, 0.15) is 5.75 Å². The molecular formula is C22H27ClN4O2. The maximum atomic E-state index is 12.6. The Kier molecular flexibility index (Phi) is 7.36. The summed E-state index contributed by atoms with van der Waals surface area (Å²) >= 11 is 6.01. The zero-order chi connectivity index (χ0) is 20.6. The number of aliphatic imine (C=N–C) groups is 1. The monoisotopic (exact) mass is 414 g/mol. The number of phenolic OH excluding ortho intramolecular Hbond substituents is 1. The second kappa shape index (κ2) is 10.2. The number of phenols is 1. The predicted octanol–water partition coefficient (Wildman–Crippen LogP) is 2.90. The minimum absolute atomic E-state index is 0.119. The Labute approximate surface area is 176 Å². The van der Waals surface area contributed by atoms with E-state index in [1.807, 2.05) is 48.2 Å². The number of carbonyl (C=O) groups excluding carboxylic acids is 1.